The number of amides is 1. The summed E-state index contributed by atoms with van der Waals surface area (Å²) in [5, 5.41) is 29.2. The molecule has 0 atom stereocenters. The zero-order valence-corrected chi connectivity index (χ0v) is 17.5. The minimum Gasteiger partial charge on any atom is -0.502 e. The first-order valence-electron chi connectivity index (χ1n) is 9.41. The van der Waals surface area contributed by atoms with Gasteiger partial charge >= 0.3 is 0 Å². The van der Waals surface area contributed by atoms with Crippen molar-refractivity contribution in [3.05, 3.63) is 53.7 Å². The Morgan fingerprint density at radius 3 is 2.48 bits per heavy atom. The van der Waals surface area contributed by atoms with E-state index in [9.17, 15) is 9.90 Å². The average Bonchev–Trinajstić information content (AvgIpc) is 3.46. The molecule has 0 spiro atoms. The predicted molar refractivity (Wildman–Crippen MR) is 115 cm³/mol. The van der Waals surface area contributed by atoms with Crippen LogP contribution in [0.25, 0.3) is 17.1 Å². The molecular formula is C20H18N8O5. The molecule has 13 nitrogen and oxygen atoms in total. The van der Waals surface area contributed by atoms with E-state index in [4.69, 9.17) is 15.2 Å². The number of nitrogens with one attached hydrogen (secondary N) is 1. The van der Waals surface area contributed by atoms with E-state index < -0.39 is 5.91 Å². The molecule has 0 saturated heterocycles. The number of hydrazone groups is 1. The molecule has 1 amide bonds. The number of hydrogen-bond acceptors (Lipinski definition) is 11. The van der Waals surface area contributed by atoms with E-state index in [1.54, 1.807) is 24.3 Å². The number of nitrogen functional groups attached to an aromatic ring is 1. The average molecular weight is 450 g/mol. The Hall–Kier alpha value is -4.94. The Morgan fingerprint density at radius 2 is 1.88 bits per heavy atom. The number of aromatic hydroxyl groups is 1. The van der Waals surface area contributed by atoms with Crippen LogP contribution in [0.3, 0.4) is 0 Å². The van der Waals surface area contributed by atoms with Gasteiger partial charge in [-0.05, 0) is 22.4 Å². The summed E-state index contributed by atoms with van der Waals surface area (Å²) in [4.78, 5) is 12.9. The van der Waals surface area contributed by atoms with Crippen LogP contribution < -0.4 is 20.6 Å². The number of anilines is 1. The lowest BCUT2D eigenvalue weighted by atomic mass is 10.1. The number of carbonyl (C=O) groups is 1. The lowest BCUT2D eigenvalue weighted by Crippen LogP contribution is -2.19. The van der Waals surface area contributed by atoms with Gasteiger partial charge in [0.1, 0.15) is 5.69 Å². The van der Waals surface area contributed by atoms with Gasteiger partial charge in [0.2, 0.25) is 17.4 Å². The molecule has 0 bridgehead atoms. The molecule has 13 heteroatoms. The Labute approximate surface area is 186 Å². The van der Waals surface area contributed by atoms with Crippen molar-refractivity contribution in [3.63, 3.8) is 0 Å². The number of aromatic nitrogens is 5. The molecule has 0 aliphatic heterocycles. The van der Waals surface area contributed by atoms with Crippen LogP contribution >= 0.6 is 0 Å². The Kier molecular flexibility index (Phi) is 5.84. The van der Waals surface area contributed by atoms with Gasteiger partial charge in [0.25, 0.3) is 5.91 Å². The van der Waals surface area contributed by atoms with Crippen LogP contribution in [0.2, 0.25) is 0 Å². The maximum Gasteiger partial charge on any atom is 0.294 e. The molecular weight excluding hydrogens is 432 g/mol. The van der Waals surface area contributed by atoms with Crippen molar-refractivity contribution < 1.29 is 24.0 Å². The lowest BCUT2D eigenvalue weighted by Gasteiger charge is -2.09. The second-order valence-corrected chi connectivity index (χ2v) is 6.51. The summed E-state index contributed by atoms with van der Waals surface area (Å²) >= 11 is 0. The largest absolute Gasteiger partial charge is 0.502 e. The van der Waals surface area contributed by atoms with Crippen molar-refractivity contribution >= 4 is 17.9 Å². The maximum atomic E-state index is 12.9. The normalized spacial score (nSPS) is 11.0. The molecule has 0 fully saturated rings. The molecule has 0 aliphatic rings. The summed E-state index contributed by atoms with van der Waals surface area (Å²) in [6, 6.07) is 12.0. The fraction of sp³-hybridized carbons (Fsp3) is 0.100. The summed E-state index contributed by atoms with van der Waals surface area (Å²) in [5.74, 6) is -0.328. The summed E-state index contributed by atoms with van der Waals surface area (Å²) in [6.07, 6.45) is 1.36. The first-order valence-corrected chi connectivity index (χ1v) is 9.41. The van der Waals surface area contributed by atoms with Crippen LogP contribution in [0, 0.1) is 0 Å². The van der Waals surface area contributed by atoms with E-state index >= 15 is 0 Å². The zero-order chi connectivity index (χ0) is 23.4. The van der Waals surface area contributed by atoms with Gasteiger partial charge in [0, 0.05) is 11.1 Å². The van der Waals surface area contributed by atoms with Crippen LogP contribution in [0.1, 0.15) is 16.1 Å². The van der Waals surface area contributed by atoms with Crippen LogP contribution in [0.5, 0.6) is 17.2 Å². The molecule has 2 heterocycles. The van der Waals surface area contributed by atoms with Crippen LogP contribution in [-0.2, 0) is 0 Å². The van der Waals surface area contributed by atoms with Crippen LogP contribution in [-0.4, -0.2) is 56.8 Å². The van der Waals surface area contributed by atoms with Gasteiger partial charge in [0.15, 0.2) is 17.2 Å². The van der Waals surface area contributed by atoms with Gasteiger partial charge in [-0.15, -0.1) is 5.10 Å². The zero-order valence-electron chi connectivity index (χ0n) is 17.5. The minimum absolute atomic E-state index is 0.0164. The van der Waals surface area contributed by atoms with E-state index in [0.717, 1.165) is 0 Å². The van der Waals surface area contributed by atoms with Gasteiger partial charge in [-0.1, -0.05) is 35.5 Å². The monoisotopic (exact) mass is 450 g/mol. The SMILES string of the molecule is COc1cc(/C=N/NC(=O)c2nnn(-c3nonc3N)c2-c2ccccc2)cc(OC)c1O. The number of methoxy groups -OCH3 is 2. The lowest BCUT2D eigenvalue weighted by molar-refractivity contribution is 0.0950. The highest BCUT2D eigenvalue weighted by molar-refractivity contribution is 5.98. The fourth-order valence-electron chi connectivity index (χ4n) is 2.98. The van der Waals surface area contributed by atoms with Crippen molar-refractivity contribution in [1.29, 1.82) is 0 Å². The quantitative estimate of drug-likeness (QED) is 0.275. The molecule has 4 aromatic rings. The van der Waals surface area contributed by atoms with Crippen molar-refractivity contribution in [2.24, 2.45) is 5.10 Å². The third kappa shape index (κ3) is 4.14. The maximum absolute atomic E-state index is 12.9. The Balaban J connectivity index is 1.65. The molecule has 0 aliphatic carbocycles. The molecule has 0 unspecified atom stereocenters. The van der Waals surface area contributed by atoms with Gasteiger partial charge in [0.05, 0.1) is 20.4 Å². The number of phenolic OH excluding ortho intramolecular Hbond substituents is 1. The third-order valence-electron chi connectivity index (χ3n) is 4.51. The third-order valence-corrected chi connectivity index (χ3v) is 4.51. The summed E-state index contributed by atoms with van der Waals surface area (Å²) < 4.78 is 16.1. The van der Waals surface area contributed by atoms with Crippen LogP contribution in [0.15, 0.2) is 52.2 Å². The van der Waals surface area contributed by atoms with Crippen LogP contribution in [0.4, 0.5) is 5.82 Å². The van der Waals surface area contributed by atoms with Crippen molar-refractivity contribution in [2.45, 2.75) is 0 Å². The number of rotatable bonds is 7. The Bertz CT molecular complexity index is 1290. The minimum atomic E-state index is -0.635. The van der Waals surface area contributed by atoms with E-state index in [0.29, 0.717) is 16.8 Å². The van der Waals surface area contributed by atoms with E-state index in [2.05, 4.69) is 35.8 Å². The number of phenols is 1. The molecule has 33 heavy (non-hydrogen) atoms. The standard InChI is InChI=1S/C20H18N8O5/c1-31-13-8-11(9-14(32-2)17(13)29)10-22-24-20(30)15-16(12-6-4-3-5-7-12)28(27-23-15)19-18(21)25-33-26-19/h3-10,29H,1-2H3,(H2,21,25)(H,24,30)/b22-10+. The molecule has 4 rings (SSSR count). The number of nitrogens with zero attached hydrogens (tertiary/aromatic N) is 6. The topological polar surface area (TPSA) is 176 Å². The number of carbonyl (C=O) groups excluding carboxylic acids is 1. The molecule has 2 aromatic heterocycles. The highest BCUT2D eigenvalue weighted by Crippen LogP contribution is 2.36. The van der Waals surface area contributed by atoms with Crippen molar-refractivity contribution in [3.8, 4) is 34.3 Å². The van der Waals surface area contributed by atoms with Gasteiger partial charge in [-0.2, -0.15) is 9.78 Å². The van der Waals surface area contributed by atoms with Crippen molar-refractivity contribution in [1.82, 2.24) is 30.7 Å². The predicted octanol–water partition coefficient (Wildman–Crippen LogP) is 1.39. The van der Waals surface area contributed by atoms with Gasteiger partial charge in [-0.3, -0.25) is 4.79 Å². The molecule has 2 aromatic carbocycles. The highest BCUT2D eigenvalue weighted by Gasteiger charge is 2.25. The highest BCUT2D eigenvalue weighted by atomic mass is 16.6. The number of benzene rings is 2. The number of nitrogens with two attached hydrogens (primary N) is 1. The first-order chi connectivity index (χ1) is 16.0. The van der Waals surface area contributed by atoms with Gasteiger partial charge in [-0.25, -0.2) is 10.1 Å². The smallest absolute Gasteiger partial charge is 0.294 e. The van der Waals surface area contributed by atoms with E-state index in [1.807, 2.05) is 6.07 Å². The number of ether oxygens (including phenoxy) is 2. The summed E-state index contributed by atoms with van der Waals surface area (Å²) in [6.45, 7) is 0. The second kappa shape index (κ2) is 9.05. The first kappa shape index (κ1) is 21.3. The van der Waals surface area contributed by atoms with Crippen molar-refractivity contribution in [2.75, 3.05) is 20.0 Å². The van der Waals surface area contributed by atoms with Gasteiger partial charge < -0.3 is 20.3 Å². The molecule has 4 N–H and O–H groups in total. The fourth-order valence-corrected chi connectivity index (χ4v) is 2.98. The number of hydrogen-bond donors (Lipinski definition) is 3. The Morgan fingerprint density at radius 1 is 1.18 bits per heavy atom. The molecule has 0 saturated carbocycles. The molecule has 0 radical (unpaired) electrons. The second-order valence-electron chi connectivity index (χ2n) is 6.51. The molecule has 168 valence electrons. The van der Waals surface area contributed by atoms with E-state index in [-0.39, 0.29) is 34.6 Å². The summed E-state index contributed by atoms with van der Waals surface area (Å²) in [5.41, 5.74) is 9.62. The van der Waals surface area contributed by atoms with E-state index in [1.165, 1.54) is 37.2 Å². The summed E-state index contributed by atoms with van der Waals surface area (Å²) in [7, 11) is 2.81.